The monoisotopic (exact) mass is 307 g/mol. The van der Waals surface area contributed by atoms with Crippen LogP contribution in [0, 0.1) is 0 Å². The van der Waals surface area contributed by atoms with Gasteiger partial charge in [0.1, 0.15) is 4.34 Å². The lowest BCUT2D eigenvalue weighted by Crippen LogP contribution is -2.19. The van der Waals surface area contributed by atoms with Gasteiger partial charge in [-0.2, -0.15) is 0 Å². The summed E-state index contributed by atoms with van der Waals surface area (Å²) in [5.41, 5.74) is 6.39. The molecule has 0 aliphatic heterocycles. The van der Waals surface area contributed by atoms with Crippen molar-refractivity contribution in [2.45, 2.75) is 12.0 Å². The molecule has 0 radical (unpaired) electrons. The summed E-state index contributed by atoms with van der Waals surface area (Å²) in [7, 11) is 0. The minimum Gasteiger partial charge on any atom is -0.388 e. The predicted molar refractivity (Wildman–Crippen MR) is 75.4 cm³/mol. The first-order valence-corrected chi connectivity index (χ1v) is 7.45. The smallest absolute Gasteiger partial charge is 0.100 e. The number of halogens is 2. The molecular weight excluding hydrogens is 297 g/mol. The fourth-order valence-electron chi connectivity index (χ4n) is 1.67. The third kappa shape index (κ3) is 2.84. The molecule has 2 rings (SSSR count). The van der Waals surface area contributed by atoms with Crippen LogP contribution in [0.2, 0.25) is 8.67 Å². The van der Waals surface area contributed by atoms with Crippen molar-refractivity contribution in [3.63, 3.8) is 0 Å². The first kappa shape index (κ1) is 13.3. The van der Waals surface area contributed by atoms with Gasteiger partial charge >= 0.3 is 0 Å². The highest BCUT2D eigenvalue weighted by atomic mass is 35.5. The van der Waals surface area contributed by atoms with Crippen LogP contribution in [0.5, 0.6) is 0 Å². The van der Waals surface area contributed by atoms with Crippen molar-refractivity contribution in [2.75, 3.05) is 6.54 Å². The van der Waals surface area contributed by atoms with Gasteiger partial charge in [0.2, 0.25) is 0 Å². The Labute approximate surface area is 118 Å². The number of aliphatic hydroxyl groups excluding tert-OH is 1. The van der Waals surface area contributed by atoms with Crippen molar-refractivity contribution in [3.05, 3.63) is 42.7 Å². The fraction of sp³-hybridized carbons (Fsp3) is 0.273. The lowest BCUT2D eigenvalue weighted by atomic mass is 9.96. The molecule has 0 fully saturated rings. The molecule has 6 heteroatoms. The Morgan fingerprint density at radius 2 is 2.18 bits per heavy atom. The molecule has 0 amide bonds. The summed E-state index contributed by atoms with van der Waals surface area (Å²) >= 11 is 14.8. The number of rotatable bonds is 4. The highest BCUT2D eigenvalue weighted by Gasteiger charge is 2.25. The second kappa shape index (κ2) is 5.69. The van der Waals surface area contributed by atoms with E-state index in [0.717, 1.165) is 4.88 Å². The maximum atomic E-state index is 10.3. The van der Waals surface area contributed by atoms with Crippen LogP contribution < -0.4 is 5.73 Å². The summed E-state index contributed by atoms with van der Waals surface area (Å²) in [6.07, 6.45) is -0.713. The molecular formula is C11H11Cl2NOS2. The zero-order valence-corrected chi connectivity index (χ0v) is 11.9. The first-order valence-electron chi connectivity index (χ1n) is 4.99. The summed E-state index contributed by atoms with van der Waals surface area (Å²) in [4.78, 5) is 1.05. The van der Waals surface area contributed by atoms with E-state index in [0.29, 0.717) is 20.8 Å². The molecule has 2 unspecified atom stereocenters. The molecule has 0 saturated heterocycles. The van der Waals surface area contributed by atoms with Gasteiger partial charge in [-0.25, -0.2) is 0 Å². The SMILES string of the molecule is NCC(c1cccs1)C(O)c1cc(Cl)sc1Cl. The molecule has 2 aromatic heterocycles. The minimum absolute atomic E-state index is 0.141. The Kier molecular flexibility index (Phi) is 4.47. The van der Waals surface area contributed by atoms with Crippen molar-refractivity contribution >= 4 is 45.9 Å². The Morgan fingerprint density at radius 3 is 2.65 bits per heavy atom. The van der Waals surface area contributed by atoms with Crippen molar-refractivity contribution in [2.24, 2.45) is 5.73 Å². The molecule has 3 N–H and O–H groups in total. The van der Waals surface area contributed by atoms with Crippen LogP contribution in [0.25, 0.3) is 0 Å². The van der Waals surface area contributed by atoms with E-state index >= 15 is 0 Å². The summed E-state index contributed by atoms with van der Waals surface area (Å²) in [5, 5.41) is 12.3. The molecule has 0 aliphatic rings. The molecule has 2 heterocycles. The summed E-state index contributed by atoms with van der Waals surface area (Å²) < 4.78 is 1.10. The first-order chi connectivity index (χ1) is 8.13. The molecule has 0 spiro atoms. The zero-order valence-electron chi connectivity index (χ0n) is 8.77. The van der Waals surface area contributed by atoms with Crippen molar-refractivity contribution < 1.29 is 5.11 Å². The Balaban J connectivity index is 2.29. The van der Waals surface area contributed by atoms with Crippen molar-refractivity contribution in [1.29, 1.82) is 0 Å². The predicted octanol–water partition coefficient (Wildman–Crippen LogP) is 3.89. The molecule has 0 bridgehead atoms. The van der Waals surface area contributed by atoms with E-state index in [9.17, 15) is 5.11 Å². The van der Waals surface area contributed by atoms with Crippen LogP contribution in [0.4, 0.5) is 0 Å². The topological polar surface area (TPSA) is 46.2 Å². The lowest BCUT2D eigenvalue weighted by molar-refractivity contribution is 0.149. The summed E-state index contributed by atoms with van der Waals surface area (Å²) in [5.74, 6) is -0.141. The van der Waals surface area contributed by atoms with Crippen molar-refractivity contribution in [1.82, 2.24) is 0 Å². The van der Waals surface area contributed by atoms with Gasteiger partial charge in [0, 0.05) is 22.9 Å². The van der Waals surface area contributed by atoms with Gasteiger partial charge < -0.3 is 10.8 Å². The zero-order chi connectivity index (χ0) is 12.4. The second-order valence-electron chi connectivity index (χ2n) is 3.58. The fourth-order valence-corrected chi connectivity index (χ4v) is 4.08. The standard InChI is InChI=1S/C11H11Cl2NOS2/c12-9-4-6(11(13)17-9)10(15)7(5-14)8-2-1-3-16-8/h1-4,7,10,15H,5,14H2. The van der Waals surface area contributed by atoms with Gasteiger partial charge in [-0.05, 0) is 17.5 Å². The molecule has 2 nitrogen and oxygen atoms in total. The quantitative estimate of drug-likeness (QED) is 0.900. The highest BCUT2D eigenvalue weighted by Crippen LogP contribution is 2.41. The molecule has 17 heavy (non-hydrogen) atoms. The number of thiophene rings is 2. The van der Waals surface area contributed by atoms with Gasteiger partial charge in [0.15, 0.2) is 0 Å². The lowest BCUT2D eigenvalue weighted by Gasteiger charge is -2.19. The molecule has 0 aromatic carbocycles. The van der Waals surface area contributed by atoms with E-state index in [1.54, 1.807) is 17.4 Å². The summed E-state index contributed by atoms with van der Waals surface area (Å²) in [6, 6.07) is 5.61. The molecule has 2 aromatic rings. The van der Waals surface area contributed by atoms with Gasteiger partial charge in [-0.3, -0.25) is 0 Å². The van der Waals surface area contributed by atoms with E-state index in [4.69, 9.17) is 28.9 Å². The van der Waals surface area contributed by atoms with Crippen LogP contribution in [0.1, 0.15) is 22.5 Å². The van der Waals surface area contributed by atoms with Crippen molar-refractivity contribution in [3.8, 4) is 0 Å². The second-order valence-corrected chi connectivity index (χ2v) is 6.85. The highest BCUT2D eigenvalue weighted by molar-refractivity contribution is 7.20. The van der Waals surface area contributed by atoms with Crippen LogP contribution in [-0.4, -0.2) is 11.7 Å². The number of hydrogen-bond acceptors (Lipinski definition) is 4. The normalized spacial score (nSPS) is 14.8. The Hall–Kier alpha value is -0.100. The van der Waals surface area contributed by atoms with Gasteiger partial charge in [0.05, 0.1) is 10.4 Å². The summed E-state index contributed by atoms with van der Waals surface area (Å²) in [6.45, 7) is 0.367. The van der Waals surface area contributed by atoms with Gasteiger partial charge in [-0.1, -0.05) is 29.3 Å². The maximum Gasteiger partial charge on any atom is 0.100 e. The Bertz CT molecular complexity index is 484. The third-order valence-corrected chi connectivity index (χ3v) is 5.07. The number of nitrogens with two attached hydrogens (primary N) is 1. The Morgan fingerprint density at radius 1 is 1.41 bits per heavy atom. The van der Waals surface area contributed by atoms with E-state index in [2.05, 4.69) is 0 Å². The van der Waals surface area contributed by atoms with E-state index in [1.165, 1.54) is 11.3 Å². The third-order valence-electron chi connectivity index (χ3n) is 2.55. The largest absolute Gasteiger partial charge is 0.388 e. The number of aliphatic hydroxyl groups is 1. The van der Waals surface area contributed by atoms with Crippen LogP contribution in [0.15, 0.2) is 23.6 Å². The molecule has 0 saturated carbocycles. The van der Waals surface area contributed by atoms with E-state index in [1.807, 2.05) is 17.5 Å². The molecule has 0 aliphatic carbocycles. The van der Waals surface area contributed by atoms with Crippen LogP contribution >= 0.6 is 45.9 Å². The minimum atomic E-state index is -0.713. The van der Waals surface area contributed by atoms with Gasteiger partial charge in [-0.15, -0.1) is 22.7 Å². The number of hydrogen-bond donors (Lipinski definition) is 2. The van der Waals surface area contributed by atoms with E-state index < -0.39 is 6.10 Å². The van der Waals surface area contributed by atoms with E-state index in [-0.39, 0.29) is 5.92 Å². The maximum absolute atomic E-state index is 10.3. The van der Waals surface area contributed by atoms with Gasteiger partial charge in [0.25, 0.3) is 0 Å². The average molecular weight is 308 g/mol. The molecule has 2 atom stereocenters. The van der Waals surface area contributed by atoms with Crippen LogP contribution in [0.3, 0.4) is 0 Å². The van der Waals surface area contributed by atoms with Crippen LogP contribution in [-0.2, 0) is 0 Å². The molecule has 92 valence electrons. The average Bonchev–Trinajstić information content (AvgIpc) is 2.89.